The van der Waals surface area contributed by atoms with Crippen molar-refractivity contribution in [3.8, 4) is 0 Å². The summed E-state index contributed by atoms with van der Waals surface area (Å²) >= 11 is 1.30. The molecule has 3 rings (SSSR count). The highest BCUT2D eigenvalue weighted by Crippen LogP contribution is 2.46. The first-order valence-electron chi connectivity index (χ1n) is 12.2. The number of benzene rings is 2. The van der Waals surface area contributed by atoms with E-state index in [9.17, 15) is 14.4 Å². The van der Waals surface area contributed by atoms with Gasteiger partial charge in [-0.25, -0.2) is 0 Å². The monoisotopic (exact) mass is 480 g/mol. The quantitative estimate of drug-likeness (QED) is 0.517. The average Bonchev–Trinajstić information content (AvgIpc) is 2.87. The van der Waals surface area contributed by atoms with Crippen molar-refractivity contribution in [2.75, 3.05) is 7.05 Å². The molecule has 2 atom stereocenters. The number of thioether (sulfide) groups is 1. The first-order valence-corrected chi connectivity index (χ1v) is 13.1. The van der Waals surface area contributed by atoms with Gasteiger partial charge in [-0.05, 0) is 36.8 Å². The molecule has 0 bridgehead atoms. The summed E-state index contributed by atoms with van der Waals surface area (Å²) in [6, 6.07) is 19.3. The molecule has 34 heavy (non-hydrogen) atoms. The van der Waals surface area contributed by atoms with Crippen molar-refractivity contribution in [3.05, 3.63) is 71.8 Å². The van der Waals surface area contributed by atoms with E-state index in [0.29, 0.717) is 6.42 Å². The summed E-state index contributed by atoms with van der Waals surface area (Å²) in [7, 11) is 1.59. The summed E-state index contributed by atoms with van der Waals surface area (Å²) in [6.07, 6.45) is 6.46. The van der Waals surface area contributed by atoms with Crippen LogP contribution >= 0.6 is 11.8 Å². The molecule has 2 amide bonds. The third kappa shape index (κ3) is 6.95. The zero-order chi connectivity index (χ0) is 24.4. The molecule has 1 saturated carbocycles. The Morgan fingerprint density at radius 1 is 0.912 bits per heavy atom. The molecule has 0 aliphatic heterocycles. The summed E-state index contributed by atoms with van der Waals surface area (Å²) in [6.45, 7) is 1.58. The van der Waals surface area contributed by atoms with Crippen molar-refractivity contribution >= 4 is 28.7 Å². The minimum absolute atomic E-state index is 0.0305. The van der Waals surface area contributed by atoms with Crippen molar-refractivity contribution in [1.82, 2.24) is 10.6 Å². The predicted molar refractivity (Wildman–Crippen MR) is 138 cm³/mol. The Hall–Kier alpha value is -2.60. The van der Waals surface area contributed by atoms with E-state index in [1.165, 1.54) is 17.3 Å². The van der Waals surface area contributed by atoms with Crippen molar-refractivity contribution in [2.24, 2.45) is 5.41 Å². The second-order valence-corrected chi connectivity index (χ2v) is 10.5. The van der Waals surface area contributed by atoms with E-state index in [-0.39, 0.29) is 22.2 Å². The van der Waals surface area contributed by atoms with Gasteiger partial charge >= 0.3 is 0 Å². The molecule has 1 fully saturated rings. The molecule has 2 aromatic rings. The number of carbonyl (C=O) groups excluding carboxylic acids is 3. The lowest BCUT2D eigenvalue weighted by Crippen LogP contribution is -2.55. The fraction of sp³-hybridized carbons (Fsp3) is 0.464. The average molecular weight is 481 g/mol. The van der Waals surface area contributed by atoms with Crippen LogP contribution in [-0.2, 0) is 27.2 Å². The molecule has 1 aliphatic rings. The largest absolute Gasteiger partial charge is 0.357 e. The lowest BCUT2D eigenvalue weighted by atomic mass is 9.69. The molecule has 6 heteroatoms. The standard InChI is InChI=1S/C28H36N2O3S/c1-21(31)34-25(17-16-22-12-6-3-7-13-22)28(18-10-5-11-19-28)27(33)30-24(26(32)29-2)20-23-14-8-4-9-15-23/h3-4,6-9,12-15,24-25H,5,10-11,16-20H2,1-2H3,(H,29,32)(H,30,33)/t24-,25?/m0/s1. The molecule has 0 aromatic heterocycles. The van der Waals surface area contributed by atoms with Gasteiger partial charge in [0.25, 0.3) is 0 Å². The lowest BCUT2D eigenvalue weighted by molar-refractivity contribution is -0.137. The van der Waals surface area contributed by atoms with Crippen LogP contribution < -0.4 is 10.6 Å². The zero-order valence-electron chi connectivity index (χ0n) is 20.2. The Morgan fingerprint density at radius 3 is 2.06 bits per heavy atom. The van der Waals surface area contributed by atoms with Gasteiger partial charge in [0, 0.05) is 25.6 Å². The highest BCUT2D eigenvalue weighted by atomic mass is 32.2. The van der Waals surface area contributed by atoms with Gasteiger partial charge < -0.3 is 10.6 Å². The van der Waals surface area contributed by atoms with Crippen LogP contribution in [0.4, 0.5) is 0 Å². The van der Waals surface area contributed by atoms with E-state index in [2.05, 4.69) is 22.8 Å². The molecule has 0 spiro atoms. The van der Waals surface area contributed by atoms with Gasteiger partial charge in [0.2, 0.25) is 11.8 Å². The number of hydrogen-bond donors (Lipinski definition) is 2. The normalized spacial score (nSPS) is 16.8. The highest BCUT2D eigenvalue weighted by Gasteiger charge is 2.47. The summed E-state index contributed by atoms with van der Waals surface area (Å²) < 4.78 is 0. The van der Waals surface area contributed by atoms with E-state index in [4.69, 9.17) is 0 Å². The summed E-state index contributed by atoms with van der Waals surface area (Å²) in [4.78, 5) is 38.9. The highest BCUT2D eigenvalue weighted by molar-refractivity contribution is 8.14. The minimum atomic E-state index is -0.660. The van der Waals surface area contributed by atoms with Crippen molar-refractivity contribution in [3.63, 3.8) is 0 Å². The second-order valence-electron chi connectivity index (χ2n) is 9.17. The number of likely N-dealkylation sites (N-methyl/N-ethyl adjacent to an activating group) is 1. The fourth-order valence-corrected chi connectivity index (χ4v) is 6.21. The van der Waals surface area contributed by atoms with E-state index in [0.717, 1.165) is 50.5 Å². The number of aryl methyl sites for hydroxylation is 1. The summed E-state index contributed by atoms with van der Waals surface area (Å²) in [5.74, 6) is -0.299. The molecule has 0 radical (unpaired) electrons. The third-order valence-electron chi connectivity index (χ3n) is 6.81. The molecule has 2 N–H and O–H groups in total. The number of nitrogens with one attached hydrogen (secondary N) is 2. The molecule has 2 aromatic carbocycles. The third-order valence-corrected chi connectivity index (χ3v) is 8.11. The Labute approximate surface area is 207 Å². The maximum absolute atomic E-state index is 14.0. The fourth-order valence-electron chi connectivity index (χ4n) is 5.00. The Kier molecular flexibility index (Phi) is 9.75. The van der Waals surface area contributed by atoms with E-state index >= 15 is 0 Å². The van der Waals surface area contributed by atoms with Gasteiger partial charge in [-0.15, -0.1) is 0 Å². The van der Waals surface area contributed by atoms with Crippen LogP contribution in [0.2, 0.25) is 0 Å². The van der Waals surface area contributed by atoms with Crippen molar-refractivity contribution in [1.29, 1.82) is 0 Å². The maximum atomic E-state index is 14.0. The van der Waals surface area contributed by atoms with Crippen LogP contribution in [0.3, 0.4) is 0 Å². The van der Waals surface area contributed by atoms with Crippen LogP contribution in [0.25, 0.3) is 0 Å². The van der Waals surface area contributed by atoms with Gasteiger partial charge in [-0.2, -0.15) is 0 Å². The van der Waals surface area contributed by atoms with E-state index < -0.39 is 11.5 Å². The molecule has 182 valence electrons. The first kappa shape index (κ1) is 26.0. The second kappa shape index (κ2) is 12.7. The van der Waals surface area contributed by atoms with Crippen LogP contribution in [0.5, 0.6) is 0 Å². The smallest absolute Gasteiger partial charge is 0.242 e. The molecule has 0 saturated heterocycles. The van der Waals surface area contributed by atoms with Crippen LogP contribution in [0.1, 0.15) is 56.6 Å². The van der Waals surface area contributed by atoms with Gasteiger partial charge in [-0.3, -0.25) is 14.4 Å². The van der Waals surface area contributed by atoms with Gasteiger partial charge in [0.15, 0.2) is 5.12 Å². The maximum Gasteiger partial charge on any atom is 0.242 e. The van der Waals surface area contributed by atoms with Crippen LogP contribution in [0.15, 0.2) is 60.7 Å². The first-order chi connectivity index (χ1) is 16.4. The molecular formula is C28H36N2O3S. The number of amides is 2. The SMILES string of the molecule is CNC(=O)[C@H](Cc1ccccc1)NC(=O)C1(C(CCc2ccccc2)SC(C)=O)CCCCC1. The summed E-state index contributed by atoms with van der Waals surface area (Å²) in [5.41, 5.74) is 1.54. The van der Waals surface area contributed by atoms with E-state index in [1.54, 1.807) is 14.0 Å². The van der Waals surface area contributed by atoms with Crippen LogP contribution in [0, 0.1) is 5.41 Å². The van der Waals surface area contributed by atoms with Crippen molar-refractivity contribution < 1.29 is 14.4 Å². The minimum Gasteiger partial charge on any atom is -0.357 e. The Bertz CT molecular complexity index is 943. The van der Waals surface area contributed by atoms with E-state index in [1.807, 2.05) is 48.5 Å². The number of rotatable bonds is 10. The number of carbonyl (C=O) groups is 3. The molecule has 5 nitrogen and oxygen atoms in total. The summed E-state index contributed by atoms with van der Waals surface area (Å²) in [5, 5.41) is 5.70. The van der Waals surface area contributed by atoms with Crippen molar-refractivity contribution in [2.45, 2.75) is 69.6 Å². The van der Waals surface area contributed by atoms with Gasteiger partial charge in [0.1, 0.15) is 6.04 Å². The Morgan fingerprint density at radius 2 is 1.50 bits per heavy atom. The van der Waals surface area contributed by atoms with Gasteiger partial charge in [0.05, 0.1) is 5.41 Å². The Balaban J connectivity index is 1.85. The van der Waals surface area contributed by atoms with Crippen LogP contribution in [-0.4, -0.2) is 35.3 Å². The lowest BCUT2D eigenvalue weighted by Gasteiger charge is -2.42. The zero-order valence-corrected chi connectivity index (χ0v) is 21.0. The number of hydrogen-bond acceptors (Lipinski definition) is 4. The molecule has 1 unspecified atom stereocenters. The molecular weight excluding hydrogens is 444 g/mol. The molecule has 1 aliphatic carbocycles. The van der Waals surface area contributed by atoms with Gasteiger partial charge in [-0.1, -0.05) is 91.7 Å². The molecule has 0 heterocycles. The topological polar surface area (TPSA) is 75.3 Å². The predicted octanol–water partition coefficient (Wildman–Crippen LogP) is 4.69.